The van der Waals surface area contributed by atoms with Gasteiger partial charge in [-0.1, -0.05) is 36.4 Å². The zero-order valence-corrected chi connectivity index (χ0v) is 19.9. The Labute approximate surface area is 212 Å². The lowest BCUT2D eigenvalue weighted by Crippen LogP contribution is -2.28. The quantitative estimate of drug-likeness (QED) is 0.265. The van der Waals surface area contributed by atoms with Gasteiger partial charge in [0.25, 0.3) is 5.69 Å². The summed E-state index contributed by atoms with van der Waals surface area (Å²) >= 11 is 0. The molecule has 1 heterocycles. The van der Waals surface area contributed by atoms with Gasteiger partial charge in [0, 0.05) is 30.1 Å². The summed E-state index contributed by atoms with van der Waals surface area (Å²) in [5.41, 5.74) is 0.826. The third kappa shape index (κ3) is 4.92. The zero-order valence-electron chi connectivity index (χ0n) is 19.9. The van der Waals surface area contributed by atoms with Crippen molar-refractivity contribution in [2.24, 2.45) is 5.92 Å². The fourth-order valence-corrected chi connectivity index (χ4v) is 4.38. The Kier molecular flexibility index (Phi) is 6.42. The first-order valence-electron chi connectivity index (χ1n) is 11.6. The largest absolute Gasteiger partial charge is 0.494 e. The summed E-state index contributed by atoms with van der Waals surface area (Å²) in [4.78, 5) is 37.5. The number of nitro groups is 1. The summed E-state index contributed by atoms with van der Waals surface area (Å²) in [6.07, 6.45) is 0.0221. The summed E-state index contributed by atoms with van der Waals surface area (Å²) < 4.78 is 11.3. The number of hydrogen-bond acceptors (Lipinski definition) is 6. The minimum Gasteiger partial charge on any atom is -0.494 e. The fourth-order valence-electron chi connectivity index (χ4n) is 4.38. The fraction of sp³-hybridized carbons (Fsp3) is 0.143. The van der Waals surface area contributed by atoms with Crippen molar-refractivity contribution in [3.63, 3.8) is 0 Å². The molecule has 5 rings (SSSR count). The predicted octanol–water partition coefficient (Wildman–Crippen LogP) is 5.54. The van der Waals surface area contributed by atoms with Crippen molar-refractivity contribution in [2.45, 2.75) is 6.42 Å². The number of non-ortho nitro benzene ring substituents is 1. The Morgan fingerprint density at radius 2 is 1.76 bits per heavy atom. The van der Waals surface area contributed by atoms with E-state index >= 15 is 0 Å². The molecule has 0 radical (unpaired) electrons. The first-order chi connectivity index (χ1) is 17.9. The van der Waals surface area contributed by atoms with Gasteiger partial charge >= 0.3 is 0 Å². The van der Waals surface area contributed by atoms with Crippen LogP contribution in [-0.4, -0.2) is 30.4 Å². The number of nitrogens with one attached hydrogen (secondary N) is 1. The normalized spacial score (nSPS) is 15.0. The molecule has 0 aliphatic carbocycles. The molecular weight excluding hydrogens is 474 g/mol. The van der Waals surface area contributed by atoms with E-state index in [9.17, 15) is 19.7 Å². The van der Waals surface area contributed by atoms with Gasteiger partial charge in [0.05, 0.1) is 29.7 Å². The molecule has 4 aromatic rings. The van der Waals surface area contributed by atoms with E-state index in [4.69, 9.17) is 9.47 Å². The van der Waals surface area contributed by atoms with Crippen molar-refractivity contribution in [1.29, 1.82) is 0 Å². The van der Waals surface area contributed by atoms with Gasteiger partial charge in [-0.05, 0) is 41.8 Å². The highest BCUT2D eigenvalue weighted by molar-refractivity contribution is 6.04. The molecule has 1 saturated heterocycles. The molecule has 37 heavy (non-hydrogen) atoms. The number of methoxy groups -OCH3 is 1. The van der Waals surface area contributed by atoms with E-state index in [1.54, 1.807) is 24.3 Å². The van der Waals surface area contributed by atoms with E-state index in [2.05, 4.69) is 5.32 Å². The third-order valence-electron chi connectivity index (χ3n) is 6.26. The van der Waals surface area contributed by atoms with Crippen LogP contribution in [0.4, 0.5) is 17.1 Å². The molecule has 2 amide bonds. The first-order valence-corrected chi connectivity index (χ1v) is 11.6. The van der Waals surface area contributed by atoms with Crippen LogP contribution in [0, 0.1) is 16.0 Å². The molecule has 1 atom stereocenters. The lowest BCUT2D eigenvalue weighted by molar-refractivity contribution is -0.384. The van der Waals surface area contributed by atoms with Crippen LogP contribution in [0.15, 0.2) is 84.9 Å². The SMILES string of the molecule is COc1cc([N+](=O)[O-])ccc1N1C[C@@H](C(=O)Nc2ccc(Oc3cccc4ccccc34)cc2)CC1=O. The smallest absolute Gasteiger partial charge is 0.273 e. The molecule has 4 aromatic carbocycles. The van der Waals surface area contributed by atoms with Gasteiger partial charge in [-0.25, -0.2) is 0 Å². The molecule has 186 valence electrons. The highest BCUT2D eigenvalue weighted by atomic mass is 16.6. The van der Waals surface area contributed by atoms with Gasteiger partial charge in [0.2, 0.25) is 11.8 Å². The minimum absolute atomic E-state index is 0.0221. The van der Waals surface area contributed by atoms with Crippen LogP contribution in [0.1, 0.15) is 6.42 Å². The zero-order chi connectivity index (χ0) is 25.9. The molecule has 0 saturated carbocycles. The Morgan fingerprint density at radius 1 is 1.00 bits per heavy atom. The van der Waals surface area contributed by atoms with Crippen LogP contribution in [0.25, 0.3) is 10.8 Å². The average molecular weight is 498 g/mol. The molecule has 0 spiro atoms. The molecule has 0 unspecified atom stereocenters. The maximum atomic E-state index is 12.9. The van der Waals surface area contributed by atoms with Gasteiger partial charge in [0.1, 0.15) is 17.2 Å². The van der Waals surface area contributed by atoms with Gasteiger partial charge in [0.15, 0.2) is 0 Å². The predicted molar refractivity (Wildman–Crippen MR) is 139 cm³/mol. The number of rotatable bonds is 7. The molecule has 9 heteroatoms. The van der Waals surface area contributed by atoms with Crippen LogP contribution in [0.3, 0.4) is 0 Å². The Bertz CT molecular complexity index is 1500. The second-order valence-electron chi connectivity index (χ2n) is 8.61. The van der Waals surface area contributed by atoms with Crippen molar-refractivity contribution >= 4 is 39.6 Å². The Balaban J connectivity index is 1.25. The second kappa shape index (κ2) is 9.98. The number of nitrogens with zero attached hydrogens (tertiary/aromatic N) is 2. The number of nitro benzene ring substituents is 1. The average Bonchev–Trinajstić information content (AvgIpc) is 3.31. The third-order valence-corrected chi connectivity index (χ3v) is 6.26. The van der Waals surface area contributed by atoms with E-state index in [1.807, 2.05) is 42.5 Å². The lowest BCUT2D eigenvalue weighted by Gasteiger charge is -2.19. The van der Waals surface area contributed by atoms with E-state index in [0.717, 1.165) is 16.5 Å². The summed E-state index contributed by atoms with van der Waals surface area (Å²) in [5.74, 6) is 0.429. The summed E-state index contributed by atoms with van der Waals surface area (Å²) in [6.45, 7) is 0.140. The molecule has 1 aliphatic heterocycles. The molecule has 0 aromatic heterocycles. The van der Waals surface area contributed by atoms with E-state index < -0.39 is 10.8 Å². The van der Waals surface area contributed by atoms with Crippen molar-refractivity contribution in [1.82, 2.24) is 0 Å². The van der Waals surface area contributed by atoms with Gasteiger partial charge in [-0.15, -0.1) is 0 Å². The molecular formula is C28H23N3O6. The molecule has 1 fully saturated rings. The Morgan fingerprint density at radius 3 is 2.51 bits per heavy atom. The van der Waals surface area contributed by atoms with Crippen LogP contribution in [0.5, 0.6) is 17.2 Å². The summed E-state index contributed by atoms with van der Waals surface area (Å²) in [6, 6.07) is 24.9. The van der Waals surface area contributed by atoms with E-state index in [1.165, 1.54) is 30.2 Å². The van der Waals surface area contributed by atoms with E-state index in [0.29, 0.717) is 17.1 Å². The highest BCUT2D eigenvalue weighted by Gasteiger charge is 2.36. The second-order valence-corrected chi connectivity index (χ2v) is 8.61. The van der Waals surface area contributed by atoms with Crippen LogP contribution in [-0.2, 0) is 9.59 Å². The van der Waals surface area contributed by atoms with Gasteiger partial charge in [-0.3, -0.25) is 19.7 Å². The summed E-state index contributed by atoms with van der Waals surface area (Å²) in [5, 5.41) is 16.0. The number of amides is 2. The van der Waals surface area contributed by atoms with Crippen molar-refractivity contribution in [2.75, 3.05) is 23.9 Å². The maximum Gasteiger partial charge on any atom is 0.273 e. The van der Waals surface area contributed by atoms with Crippen molar-refractivity contribution < 1.29 is 24.0 Å². The monoisotopic (exact) mass is 497 g/mol. The number of fused-ring (bicyclic) bond motifs is 1. The van der Waals surface area contributed by atoms with E-state index in [-0.39, 0.29) is 36.2 Å². The number of benzene rings is 4. The Hall–Kier alpha value is -4.92. The molecule has 1 aliphatic rings. The number of anilines is 2. The number of carbonyl (C=O) groups excluding carboxylic acids is 2. The van der Waals surface area contributed by atoms with Crippen LogP contribution >= 0.6 is 0 Å². The lowest BCUT2D eigenvalue weighted by atomic mass is 10.1. The summed E-state index contributed by atoms with van der Waals surface area (Å²) in [7, 11) is 1.38. The maximum absolute atomic E-state index is 12.9. The minimum atomic E-state index is -0.584. The number of ether oxygens (including phenoxy) is 2. The topological polar surface area (TPSA) is 111 Å². The highest BCUT2D eigenvalue weighted by Crippen LogP contribution is 2.36. The first kappa shape index (κ1) is 23.8. The molecule has 1 N–H and O–H groups in total. The van der Waals surface area contributed by atoms with Gasteiger partial charge in [-0.2, -0.15) is 0 Å². The molecule has 0 bridgehead atoms. The number of carbonyl (C=O) groups is 2. The number of hydrogen-bond donors (Lipinski definition) is 1. The van der Waals surface area contributed by atoms with Gasteiger partial charge < -0.3 is 19.7 Å². The molecule has 9 nitrogen and oxygen atoms in total. The van der Waals surface area contributed by atoms with Crippen molar-refractivity contribution in [3.8, 4) is 17.2 Å². The van der Waals surface area contributed by atoms with Crippen molar-refractivity contribution in [3.05, 3.63) is 95.0 Å². The standard InChI is InChI=1S/C28H23N3O6/c1-36-26-16-21(31(34)35)11-14-24(26)30-17-19(15-27(30)32)28(33)29-20-9-12-22(13-10-20)37-25-8-4-6-18-5-2-3-7-23(18)25/h2-14,16,19H,15,17H2,1H3,(H,29,33)/t19-/m0/s1. The van der Waals surface area contributed by atoms with Crippen LogP contribution in [0.2, 0.25) is 0 Å². The van der Waals surface area contributed by atoms with Crippen LogP contribution < -0.4 is 19.7 Å².